The Morgan fingerprint density at radius 1 is 1.30 bits per heavy atom. The van der Waals surface area contributed by atoms with Crippen molar-refractivity contribution in [1.29, 1.82) is 0 Å². The van der Waals surface area contributed by atoms with Crippen LogP contribution in [0.1, 0.15) is 23.2 Å². The maximum absolute atomic E-state index is 12.8. The summed E-state index contributed by atoms with van der Waals surface area (Å²) in [5.41, 5.74) is 0.951. The van der Waals surface area contributed by atoms with Gasteiger partial charge in [-0.1, -0.05) is 17.3 Å². The van der Waals surface area contributed by atoms with Crippen molar-refractivity contribution in [3.63, 3.8) is 0 Å². The van der Waals surface area contributed by atoms with Crippen LogP contribution in [-0.2, 0) is 11.2 Å². The van der Waals surface area contributed by atoms with Crippen molar-refractivity contribution in [2.75, 3.05) is 20.3 Å². The van der Waals surface area contributed by atoms with Gasteiger partial charge in [-0.25, -0.2) is 4.39 Å². The van der Waals surface area contributed by atoms with Crippen molar-refractivity contribution in [2.45, 2.75) is 18.4 Å². The normalized spacial score (nSPS) is 22.3. The molecule has 20 heavy (non-hydrogen) atoms. The Kier molecular flexibility index (Phi) is 3.75. The molecule has 1 N–H and O–H groups in total. The zero-order valence-corrected chi connectivity index (χ0v) is 11.2. The first-order chi connectivity index (χ1) is 9.76. The van der Waals surface area contributed by atoms with Crippen molar-refractivity contribution in [1.82, 2.24) is 15.5 Å². The fourth-order valence-corrected chi connectivity index (χ4v) is 2.36. The molecule has 106 valence electrons. The van der Waals surface area contributed by atoms with Crippen LogP contribution >= 0.6 is 0 Å². The lowest BCUT2D eigenvalue weighted by atomic mass is 10.0. The molecule has 0 bridgehead atoms. The molecule has 0 aliphatic carbocycles. The molecule has 1 aliphatic heterocycles. The Balaban J connectivity index is 1.72. The molecule has 6 heteroatoms. The predicted molar refractivity (Wildman–Crippen MR) is 69.9 cm³/mol. The van der Waals surface area contributed by atoms with Gasteiger partial charge in [0.15, 0.2) is 5.82 Å². The van der Waals surface area contributed by atoms with E-state index in [2.05, 4.69) is 15.5 Å². The third-order valence-corrected chi connectivity index (χ3v) is 3.53. The van der Waals surface area contributed by atoms with E-state index < -0.39 is 0 Å². The van der Waals surface area contributed by atoms with Crippen molar-refractivity contribution in [2.24, 2.45) is 0 Å². The number of ether oxygens (including phenoxy) is 1. The summed E-state index contributed by atoms with van der Waals surface area (Å²) in [4.78, 5) is 4.42. The third-order valence-electron chi connectivity index (χ3n) is 3.53. The molecule has 2 heterocycles. The standard InChI is InChI=1S/C14H16FN3O2/c1-16-12-8-19-7-11(12)14-17-13(18-20-14)6-9-2-4-10(15)5-3-9/h2-5,11-12,16H,6-8H2,1H3. The van der Waals surface area contributed by atoms with Crippen LogP contribution in [0.3, 0.4) is 0 Å². The molecule has 0 saturated carbocycles. The van der Waals surface area contributed by atoms with Gasteiger partial charge in [0.05, 0.1) is 19.1 Å². The van der Waals surface area contributed by atoms with E-state index in [1.807, 2.05) is 7.05 Å². The van der Waals surface area contributed by atoms with Gasteiger partial charge in [0.1, 0.15) is 5.82 Å². The van der Waals surface area contributed by atoms with E-state index in [0.29, 0.717) is 31.3 Å². The van der Waals surface area contributed by atoms with E-state index in [-0.39, 0.29) is 17.8 Å². The molecule has 2 atom stereocenters. The second kappa shape index (κ2) is 5.68. The lowest BCUT2D eigenvalue weighted by Gasteiger charge is -2.11. The average Bonchev–Trinajstić information content (AvgIpc) is 3.09. The van der Waals surface area contributed by atoms with Crippen LogP contribution in [0.2, 0.25) is 0 Å². The second-order valence-electron chi connectivity index (χ2n) is 4.89. The molecule has 0 spiro atoms. The van der Waals surface area contributed by atoms with Crippen LogP contribution in [0.25, 0.3) is 0 Å². The number of nitrogens with one attached hydrogen (secondary N) is 1. The first-order valence-electron chi connectivity index (χ1n) is 6.58. The quantitative estimate of drug-likeness (QED) is 0.917. The van der Waals surface area contributed by atoms with Gasteiger partial charge >= 0.3 is 0 Å². The van der Waals surface area contributed by atoms with Gasteiger partial charge in [0.2, 0.25) is 5.89 Å². The van der Waals surface area contributed by atoms with Gasteiger partial charge in [-0.05, 0) is 24.7 Å². The predicted octanol–water partition coefficient (Wildman–Crippen LogP) is 1.50. The van der Waals surface area contributed by atoms with Gasteiger partial charge in [0, 0.05) is 12.5 Å². The minimum atomic E-state index is -0.248. The highest BCUT2D eigenvalue weighted by atomic mass is 19.1. The lowest BCUT2D eigenvalue weighted by Crippen LogP contribution is -2.31. The van der Waals surface area contributed by atoms with Crippen LogP contribution in [-0.4, -0.2) is 36.4 Å². The smallest absolute Gasteiger partial charge is 0.233 e. The van der Waals surface area contributed by atoms with Crippen molar-refractivity contribution in [3.8, 4) is 0 Å². The second-order valence-corrected chi connectivity index (χ2v) is 4.89. The summed E-state index contributed by atoms with van der Waals surface area (Å²) in [6.45, 7) is 1.24. The van der Waals surface area contributed by atoms with Gasteiger partial charge in [0.25, 0.3) is 0 Å². The summed E-state index contributed by atoms with van der Waals surface area (Å²) in [5, 5.41) is 7.17. The van der Waals surface area contributed by atoms with Crippen LogP contribution in [0, 0.1) is 5.82 Å². The summed E-state index contributed by atoms with van der Waals surface area (Å²) >= 11 is 0. The number of nitrogens with zero attached hydrogens (tertiary/aromatic N) is 2. The van der Waals surface area contributed by atoms with Crippen LogP contribution in [0.5, 0.6) is 0 Å². The first-order valence-corrected chi connectivity index (χ1v) is 6.58. The molecule has 1 aliphatic rings. The Morgan fingerprint density at radius 2 is 2.10 bits per heavy atom. The number of hydrogen-bond acceptors (Lipinski definition) is 5. The molecule has 1 saturated heterocycles. The van der Waals surface area contributed by atoms with Gasteiger partial charge in [-0.3, -0.25) is 0 Å². The van der Waals surface area contributed by atoms with Gasteiger partial charge < -0.3 is 14.6 Å². The summed E-state index contributed by atoms with van der Waals surface area (Å²) in [5.74, 6) is 1.05. The minimum absolute atomic E-state index is 0.0921. The summed E-state index contributed by atoms with van der Waals surface area (Å²) < 4.78 is 23.6. The molecule has 0 amide bonds. The van der Waals surface area contributed by atoms with Crippen molar-refractivity contribution >= 4 is 0 Å². The molecular weight excluding hydrogens is 261 g/mol. The third kappa shape index (κ3) is 2.71. The highest BCUT2D eigenvalue weighted by Gasteiger charge is 2.32. The molecule has 3 rings (SSSR count). The fraction of sp³-hybridized carbons (Fsp3) is 0.429. The Bertz CT molecular complexity index is 570. The summed E-state index contributed by atoms with van der Waals surface area (Å²) in [7, 11) is 1.89. The number of aromatic nitrogens is 2. The fourth-order valence-electron chi connectivity index (χ4n) is 2.36. The average molecular weight is 277 g/mol. The van der Waals surface area contributed by atoms with Gasteiger partial charge in [-0.2, -0.15) is 4.98 Å². The maximum atomic E-state index is 12.8. The Hall–Kier alpha value is -1.79. The topological polar surface area (TPSA) is 60.2 Å². The molecule has 1 aromatic carbocycles. The Morgan fingerprint density at radius 3 is 2.85 bits per heavy atom. The molecule has 2 unspecified atom stereocenters. The van der Waals surface area contributed by atoms with Crippen LogP contribution < -0.4 is 5.32 Å². The number of benzene rings is 1. The minimum Gasteiger partial charge on any atom is -0.379 e. The van der Waals surface area contributed by atoms with E-state index in [4.69, 9.17) is 9.26 Å². The number of likely N-dealkylation sites (N-methyl/N-ethyl adjacent to an activating group) is 1. The number of rotatable bonds is 4. The zero-order valence-electron chi connectivity index (χ0n) is 11.2. The van der Waals surface area contributed by atoms with E-state index in [1.165, 1.54) is 12.1 Å². The van der Waals surface area contributed by atoms with Crippen molar-refractivity contribution in [3.05, 3.63) is 47.4 Å². The number of halogens is 1. The first kappa shape index (κ1) is 13.2. The molecule has 5 nitrogen and oxygen atoms in total. The molecular formula is C14H16FN3O2. The molecule has 0 radical (unpaired) electrons. The van der Waals surface area contributed by atoms with E-state index in [1.54, 1.807) is 12.1 Å². The monoisotopic (exact) mass is 277 g/mol. The van der Waals surface area contributed by atoms with E-state index >= 15 is 0 Å². The summed E-state index contributed by atoms with van der Waals surface area (Å²) in [6, 6.07) is 6.51. The van der Waals surface area contributed by atoms with Crippen LogP contribution in [0.15, 0.2) is 28.8 Å². The number of hydrogen-bond donors (Lipinski definition) is 1. The largest absolute Gasteiger partial charge is 0.379 e. The Labute approximate surface area is 116 Å². The summed E-state index contributed by atoms with van der Waals surface area (Å²) in [6.07, 6.45) is 0.529. The van der Waals surface area contributed by atoms with Crippen LogP contribution in [0.4, 0.5) is 4.39 Å². The molecule has 1 aromatic heterocycles. The van der Waals surface area contributed by atoms with E-state index in [9.17, 15) is 4.39 Å². The maximum Gasteiger partial charge on any atom is 0.233 e. The highest BCUT2D eigenvalue weighted by Crippen LogP contribution is 2.24. The van der Waals surface area contributed by atoms with E-state index in [0.717, 1.165) is 5.56 Å². The van der Waals surface area contributed by atoms with Gasteiger partial charge in [-0.15, -0.1) is 0 Å². The zero-order chi connectivity index (χ0) is 13.9. The van der Waals surface area contributed by atoms with Crippen molar-refractivity contribution < 1.29 is 13.7 Å². The molecule has 1 fully saturated rings. The molecule has 2 aromatic rings. The highest BCUT2D eigenvalue weighted by molar-refractivity contribution is 5.19. The SMILES string of the molecule is CNC1COCC1c1nc(Cc2ccc(F)cc2)no1. The lowest BCUT2D eigenvalue weighted by molar-refractivity contribution is 0.185.